The second-order valence-electron chi connectivity index (χ2n) is 8.12. The van der Waals surface area contributed by atoms with Gasteiger partial charge in [0, 0.05) is 5.56 Å². The van der Waals surface area contributed by atoms with Crippen LogP contribution in [0, 0.1) is 0 Å². The van der Waals surface area contributed by atoms with Gasteiger partial charge in [-0.15, -0.1) is 10.2 Å². The van der Waals surface area contributed by atoms with E-state index in [0.717, 1.165) is 24.1 Å². The van der Waals surface area contributed by atoms with Crippen molar-refractivity contribution < 1.29 is 4.84 Å². The van der Waals surface area contributed by atoms with E-state index in [1.807, 2.05) is 60.7 Å². The predicted octanol–water partition coefficient (Wildman–Crippen LogP) is 5.44. The summed E-state index contributed by atoms with van der Waals surface area (Å²) in [5, 5.41) is 6.72. The first-order valence-corrected chi connectivity index (χ1v) is 9.31. The van der Waals surface area contributed by atoms with E-state index >= 15 is 0 Å². The Morgan fingerprint density at radius 2 is 1.42 bits per heavy atom. The van der Waals surface area contributed by atoms with Crippen LogP contribution in [0.25, 0.3) is 0 Å². The van der Waals surface area contributed by atoms with Crippen molar-refractivity contribution in [2.24, 2.45) is 5.10 Å². The predicted molar refractivity (Wildman–Crippen MR) is 108 cm³/mol. The fourth-order valence-electron chi connectivity index (χ4n) is 3.66. The number of hydroxylamine groups is 2. The second kappa shape index (κ2) is 7.50. The highest BCUT2D eigenvalue weighted by molar-refractivity contribution is 5.94. The summed E-state index contributed by atoms with van der Waals surface area (Å²) in [4.78, 5) is 6.45. The lowest BCUT2D eigenvalue weighted by Crippen LogP contribution is -2.58. The lowest BCUT2D eigenvalue weighted by Gasteiger charge is -2.50. The van der Waals surface area contributed by atoms with Gasteiger partial charge in [-0.05, 0) is 71.2 Å². The minimum absolute atomic E-state index is 0.0515. The molecule has 0 spiro atoms. The van der Waals surface area contributed by atoms with Crippen LogP contribution in [0.5, 0.6) is 0 Å². The third kappa shape index (κ3) is 4.25. The number of hydrazone groups is 1. The number of anilines is 1. The van der Waals surface area contributed by atoms with E-state index in [1.165, 1.54) is 6.42 Å². The molecule has 1 aliphatic heterocycles. The van der Waals surface area contributed by atoms with E-state index in [4.69, 9.17) is 4.84 Å². The van der Waals surface area contributed by atoms with Gasteiger partial charge in [0.25, 0.3) is 5.90 Å². The minimum Gasteiger partial charge on any atom is -0.382 e. The number of hydrogen-bond acceptors (Lipinski definition) is 4. The van der Waals surface area contributed by atoms with Crippen molar-refractivity contribution in [3.05, 3.63) is 66.2 Å². The summed E-state index contributed by atoms with van der Waals surface area (Å²) in [6.45, 7) is 8.95. The molecule has 1 N–H and O–H groups in total. The first-order valence-electron chi connectivity index (χ1n) is 9.31. The molecule has 1 fully saturated rings. The number of nitrogens with one attached hydrogen (secondary N) is 1. The molecule has 1 saturated heterocycles. The first-order chi connectivity index (χ1) is 12.4. The standard InChI is InChI=1S/C22H29N3O/c1-21(2)16-11-17-22(3,4)25(21)26-20(18-12-7-5-8-13-18)24-23-19-14-9-6-10-15-19/h5-10,12-15,23H,11,16-17H2,1-4H3/b24-20-. The Morgan fingerprint density at radius 3 is 2.00 bits per heavy atom. The minimum atomic E-state index is -0.0515. The molecule has 138 valence electrons. The molecule has 0 aromatic heterocycles. The van der Waals surface area contributed by atoms with E-state index < -0.39 is 0 Å². The molecule has 4 heteroatoms. The summed E-state index contributed by atoms with van der Waals surface area (Å²) in [5.74, 6) is 0.581. The number of benzene rings is 2. The highest BCUT2D eigenvalue weighted by Gasteiger charge is 2.44. The Labute approximate surface area is 156 Å². The van der Waals surface area contributed by atoms with Crippen LogP contribution in [0.3, 0.4) is 0 Å². The molecular formula is C22H29N3O. The molecule has 0 aliphatic carbocycles. The molecule has 1 heterocycles. The molecule has 0 radical (unpaired) electrons. The van der Waals surface area contributed by atoms with Crippen LogP contribution >= 0.6 is 0 Å². The van der Waals surface area contributed by atoms with Gasteiger partial charge in [0.1, 0.15) is 0 Å². The summed E-state index contributed by atoms with van der Waals surface area (Å²) in [6, 6.07) is 20.0. The molecule has 26 heavy (non-hydrogen) atoms. The topological polar surface area (TPSA) is 36.9 Å². The summed E-state index contributed by atoms with van der Waals surface area (Å²) >= 11 is 0. The van der Waals surface area contributed by atoms with Crippen molar-refractivity contribution in [2.45, 2.75) is 58.0 Å². The van der Waals surface area contributed by atoms with Gasteiger partial charge < -0.3 is 4.84 Å². The lowest BCUT2D eigenvalue weighted by atomic mass is 9.82. The number of hydrogen-bond donors (Lipinski definition) is 1. The normalized spacial score (nSPS) is 19.8. The van der Waals surface area contributed by atoms with Crippen molar-refractivity contribution in [1.29, 1.82) is 0 Å². The summed E-state index contributed by atoms with van der Waals surface area (Å²) in [7, 11) is 0. The van der Waals surface area contributed by atoms with E-state index in [0.29, 0.717) is 5.90 Å². The van der Waals surface area contributed by atoms with Gasteiger partial charge in [-0.3, -0.25) is 5.43 Å². The van der Waals surface area contributed by atoms with Crippen molar-refractivity contribution in [3.63, 3.8) is 0 Å². The average molecular weight is 351 g/mol. The lowest BCUT2D eigenvalue weighted by molar-refractivity contribution is -0.227. The molecule has 2 aromatic carbocycles. The van der Waals surface area contributed by atoms with Crippen LogP contribution in [0.1, 0.15) is 52.5 Å². The van der Waals surface area contributed by atoms with E-state index in [1.54, 1.807) is 0 Å². The van der Waals surface area contributed by atoms with Crippen molar-refractivity contribution in [1.82, 2.24) is 5.06 Å². The zero-order valence-corrected chi connectivity index (χ0v) is 16.2. The maximum Gasteiger partial charge on any atom is 0.262 e. The van der Waals surface area contributed by atoms with Crippen LogP contribution < -0.4 is 5.43 Å². The fourth-order valence-corrected chi connectivity index (χ4v) is 3.66. The van der Waals surface area contributed by atoms with Crippen LogP contribution in [0.15, 0.2) is 65.8 Å². The number of para-hydroxylation sites is 1. The highest BCUT2D eigenvalue weighted by Crippen LogP contribution is 2.38. The Balaban J connectivity index is 1.90. The third-order valence-corrected chi connectivity index (χ3v) is 4.94. The van der Waals surface area contributed by atoms with Crippen molar-refractivity contribution in [2.75, 3.05) is 5.43 Å². The maximum atomic E-state index is 6.45. The van der Waals surface area contributed by atoms with E-state index in [9.17, 15) is 0 Å². The SMILES string of the molecule is CC1(C)CCCC(C)(C)N1O/C(=N\Nc1ccccc1)c1ccccc1. The van der Waals surface area contributed by atoms with Gasteiger partial charge in [0.15, 0.2) is 0 Å². The molecule has 3 rings (SSSR count). The van der Waals surface area contributed by atoms with Crippen LogP contribution in [0.4, 0.5) is 5.69 Å². The molecule has 0 saturated carbocycles. The average Bonchev–Trinajstić information content (AvgIpc) is 2.62. The third-order valence-electron chi connectivity index (χ3n) is 4.94. The number of nitrogens with zero attached hydrogens (tertiary/aromatic N) is 2. The van der Waals surface area contributed by atoms with Crippen LogP contribution in [0.2, 0.25) is 0 Å². The molecule has 4 nitrogen and oxygen atoms in total. The Bertz CT molecular complexity index is 722. The largest absolute Gasteiger partial charge is 0.382 e. The molecule has 0 unspecified atom stereocenters. The van der Waals surface area contributed by atoms with E-state index in [2.05, 4.69) is 43.3 Å². The van der Waals surface area contributed by atoms with Crippen LogP contribution in [-0.4, -0.2) is 22.0 Å². The quantitative estimate of drug-likeness (QED) is 0.453. The van der Waals surface area contributed by atoms with Gasteiger partial charge >= 0.3 is 0 Å². The maximum absolute atomic E-state index is 6.45. The molecule has 0 bridgehead atoms. The molecule has 2 aromatic rings. The van der Waals surface area contributed by atoms with Gasteiger partial charge in [-0.1, -0.05) is 36.4 Å². The van der Waals surface area contributed by atoms with Crippen LogP contribution in [-0.2, 0) is 4.84 Å². The zero-order chi connectivity index (χ0) is 18.6. The zero-order valence-electron chi connectivity index (χ0n) is 16.2. The summed E-state index contributed by atoms with van der Waals surface area (Å²) < 4.78 is 0. The Kier molecular flexibility index (Phi) is 5.33. The second-order valence-corrected chi connectivity index (χ2v) is 8.12. The first kappa shape index (κ1) is 18.5. The summed E-state index contributed by atoms with van der Waals surface area (Å²) in [5.41, 5.74) is 4.90. The molecule has 0 atom stereocenters. The number of piperidine rings is 1. The van der Waals surface area contributed by atoms with E-state index in [-0.39, 0.29) is 11.1 Å². The smallest absolute Gasteiger partial charge is 0.262 e. The van der Waals surface area contributed by atoms with Crippen molar-refractivity contribution >= 4 is 11.6 Å². The van der Waals surface area contributed by atoms with Gasteiger partial charge in [-0.25, -0.2) is 0 Å². The fraction of sp³-hybridized carbons (Fsp3) is 0.409. The van der Waals surface area contributed by atoms with Gasteiger partial charge in [-0.2, -0.15) is 0 Å². The molecule has 0 amide bonds. The van der Waals surface area contributed by atoms with Gasteiger partial charge in [0.05, 0.1) is 16.8 Å². The molecular weight excluding hydrogens is 322 g/mol. The Morgan fingerprint density at radius 1 is 0.885 bits per heavy atom. The number of rotatable bonds is 4. The summed E-state index contributed by atoms with van der Waals surface area (Å²) in [6.07, 6.45) is 3.41. The molecule has 1 aliphatic rings. The van der Waals surface area contributed by atoms with Gasteiger partial charge in [0.2, 0.25) is 0 Å². The monoisotopic (exact) mass is 351 g/mol. The Hall–Kier alpha value is -2.33. The van der Waals surface area contributed by atoms with Crippen molar-refractivity contribution in [3.8, 4) is 0 Å². The highest BCUT2D eigenvalue weighted by atomic mass is 16.7.